The number of fused-ring (bicyclic) bond motifs is 1. The van der Waals surface area contributed by atoms with E-state index < -0.39 is 9.84 Å². The molecule has 104 valence electrons. The maximum Gasteiger partial charge on any atom is 0.178 e. The van der Waals surface area contributed by atoms with Crippen LogP contribution in [0.3, 0.4) is 0 Å². The van der Waals surface area contributed by atoms with Gasteiger partial charge < -0.3 is 5.32 Å². The van der Waals surface area contributed by atoms with Crippen LogP contribution >= 0.6 is 11.8 Å². The van der Waals surface area contributed by atoms with Crippen LogP contribution in [0, 0.1) is 5.92 Å². The van der Waals surface area contributed by atoms with Gasteiger partial charge in [0.1, 0.15) is 0 Å². The fraction of sp³-hybridized carbons (Fsp3) is 0.571. The first-order chi connectivity index (χ1) is 9.17. The summed E-state index contributed by atoms with van der Waals surface area (Å²) < 4.78 is 24.1. The summed E-state index contributed by atoms with van der Waals surface area (Å²) in [7, 11) is -3.06. The van der Waals surface area contributed by atoms with Gasteiger partial charge in [-0.15, -0.1) is 0 Å². The van der Waals surface area contributed by atoms with Gasteiger partial charge in [-0.05, 0) is 48.4 Å². The van der Waals surface area contributed by atoms with Crippen LogP contribution in [-0.4, -0.2) is 32.2 Å². The summed E-state index contributed by atoms with van der Waals surface area (Å²) in [4.78, 5) is 0.527. The Morgan fingerprint density at radius 1 is 1.26 bits per heavy atom. The molecule has 0 amide bonds. The van der Waals surface area contributed by atoms with E-state index in [4.69, 9.17) is 0 Å². The van der Waals surface area contributed by atoms with E-state index in [9.17, 15) is 8.42 Å². The second kappa shape index (κ2) is 5.46. The van der Waals surface area contributed by atoms with Crippen LogP contribution in [0.25, 0.3) is 0 Å². The standard InChI is InChI=1S/C14H19NO2S2/c16-19(17)8-6-13(12-3-1-2-4-14(12)19)15-9-11-5-7-18-10-11/h1-4,11,13,15H,5-10H2. The van der Waals surface area contributed by atoms with E-state index >= 15 is 0 Å². The number of sulfone groups is 1. The van der Waals surface area contributed by atoms with Gasteiger partial charge in [-0.3, -0.25) is 0 Å². The van der Waals surface area contributed by atoms with Crippen molar-refractivity contribution < 1.29 is 8.42 Å². The molecule has 1 N–H and O–H groups in total. The molecular formula is C14H19NO2S2. The maximum atomic E-state index is 12.0. The molecule has 3 nitrogen and oxygen atoms in total. The molecule has 0 bridgehead atoms. The normalized spacial score (nSPS) is 29.1. The van der Waals surface area contributed by atoms with E-state index in [-0.39, 0.29) is 11.8 Å². The highest BCUT2D eigenvalue weighted by Gasteiger charge is 2.30. The SMILES string of the molecule is O=S1(=O)CCC(NCC2CCSC2)c2ccccc21. The van der Waals surface area contributed by atoms with Gasteiger partial charge in [0.25, 0.3) is 0 Å². The highest BCUT2D eigenvalue weighted by Crippen LogP contribution is 2.32. The quantitative estimate of drug-likeness (QED) is 0.929. The zero-order valence-electron chi connectivity index (χ0n) is 10.8. The Kier molecular flexibility index (Phi) is 3.87. The van der Waals surface area contributed by atoms with Crippen molar-refractivity contribution in [2.45, 2.75) is 23.8 Å². The molecule has 1 aromatic rings. The van der Waals surface area contributed by atoms with E-state index in [1.807, 2.05) is 30.0 Å². The molecule has 1 aromatic carbocycles. The molecule has 2 aliphatic heterocycles. The second-order valence-corrected chi connectivity index (χ2v) is 8.56. The minimum atomic E-state index is -3.06. The summed E-state index contributed by atoms with van der Waals surface area (Å²) in [6.45, 7) is 1.01. The third-order valence-electron chi connectivity index (χ3n) is 3.98. The van der Waals surface area contributed by atoms with Crippen LogP contribution in [0.4, 0.5) is 0 Å². The summed E-state index contributed by atoms with van der Waals surface area (Å²) in [5, 5.41) is 3.58. The van der Waals surface area contributed by atoms with Gasteiger partial charge in [-0.2, -0.15) is 11.8 Å². The highest BCUT2D eigenvalue weighted by molar-refractivity contribution is 7.99. The number of hydrogen-bond donors (Lipinski definition) is 1. The third-order valence-corrected chi connectivity index (χ3v) is 7.03. The minimum Gasteiger partial charge on any atom is -0.310 e. The Bertz CT molecular complexity index is 550. The minimum absolute atomic E-state index is 0.199. The molecular weight excluding hydrogens is 278 g/mol. The highest BCUT2D eigenvalue weighted by atomic mass is 32.2. The topological polar surface area (TPSA) is 46.2 Å². The first kappa shape index (κ1) is 13.5. The molecule has 2 aliphatic rings. The molecule has 0 aromatic heterocycles. The zero-order chi connectivity index (χ0) is 13.3. The lowest BCUT2D eigenvalue weighted by Crippen LogP contribution is -2.32. The maximum absolute atomic E-state index is 12.0. The van der Waals surface area contributed by atoms with Crippen LogP contribution in [-0.2, 0) is 9.84 Å². The molecule has 1 saturated heterocycles. The van der Waals surface area contributed by atoms with E-state index in [1.165, 1.54) is 17.9 Å². The lowest BCUT2D eigenvalue weighted by Gasteiger charge is -2.27. The van der Waals surface area contributed by atoms with Crippen LogP contribution < -0.4 is 5.32 Å². The van der Waals surface area contributed by atoms with E-state index in [1.54, 1.807) is 6.07 Å². The Labute approximate surface area is 119 Å². The number of hydrogen-bond acceptors (Lipinski definition) is 4. The van der Waals surface area contributed by atoms with E-state index in [0.717, 1.165) is 18.0 Å². The first-order valence-electron chi connectivity index (χ1n) is 6.79. The van der Waals surface area contributed by atoms with Crippen molar-refractivity contribution in [1.29, 1.82) is 0 Å². The summed E-state index contributed by atoms with van der Waals surface area (Å²) >= 11 is 2.02. The molecule has 2 atom stereocenters. The average molecular weight is 297 g/mol. The Morgan fingerprint density at radius 2 is 2.11 bits per heavy atom. The predicted molar refractivity (Wildman–Crippen MR) is 79.3 cm³/mol. The van der Waals surface area contributed by atoms with Crippen molar-refractivity contribution in [1.82, 2.24) is 5.32 Å². The number of rotatable bonds is 3. The van der Waals surface area contributed by atoms with E-state index in [2.05, 4.69) is 5.32 Å². The molecule has 5 heteroatoms. The van der Waals surface area contributed by atoms with Crippen molar-refractivity contribution in [2.24, 2.45) is 5.92 Å². The summed E-state index contributed by atoms with van der Waals surface area (Å²) in [6, 6.07) is 7.63. The van der Waals surface area contributed by atoms with Gasteiger partial charge in [0.15, 0.2) is 9.84 Å². The molecule has 2 heterocycles. The molecule has 0 aliphatic carbocycles. The van der Waals surface area contributed by atoms with Crippen molar-refractivity contribution >= 4 is 21.6 Å². The van der Waals surface area contributed by atoms with Gasteiger partial charge >= 0.3 is 0 Å². The van der Waals surface area contributed by atoms with Crippen LogP contribution in [0.15, 0.2) is 29.2 Å². The van der Waals surface area contributed by atoms with E-state index in [0.29, 0.717) is 11.3 Å². The Hall–Kier alpha value is -0.520. The summed E-state index contributed by atoms with van der Waals surface area (Å²) in [5.74, 6) is 3.51. The van der Waals surface area contributed by atoms with Crippen molar-refractivity contribution in [3.63, 3.8) is 0 Å². The molecule has 3 rings (SSSR count). The predicted octanol–water partition coefficient (Wildman–Crippen LogP) is 2.25. The van der Waals surface area contributed by atoms with Gasteiger partial charge in [0.05, 0.1) is 10.6 Å². The van der Waals surface area contributed by atoms with Gasteiger partial charge in [0.2, 0.25) is 0 Å². The molecule has 0 spiro atoms. The van der Waals surface area contributed by atoms with Gasteiger partial charge in [0, 0.05) is 6.04 Å². The zero-order valence-corrected chi connectivity index (χ0v) is 12.5. The molecule has 19 heavy (non-hydrogen) atoms. The molecule has 0 radical (unpaired) electrons. The molecule has 2 unspecified atom stereocenters. The average Bonchev–Trinajstić information content (AvgIpc) is 2.91. The smallest absolute Gasteiger partial charge is 0.178 e. The molecule has 0 saturated carbocycles. The van der Waals surface area contributed by atoms with Crippen LogP contribution in [0.1, 0.15) is 24.4 Å². The second-order valence-electron chi connectivity index (χ2n) is 5.34. The summed E-state index contributed by atoms with van der Waals surface area (Å²) in [6.07, 6.45) is 1.98. The van der Waals surface area contributed by atoms with Crippen LogP contribution in [0.5, 0.6) is 0 Å². The van der Waals surface area contributed by atoms with Crippen molar-refractivity contribution in [3.05, 3.63) is 29.8 Å². The number of thioether (sulfide) groups is 1. The monoisotopic (exact) mass is 297 g/mol. The lowest BCUT2D eigenvalue weighted by atomic mass is 10.0. The fourth-order valence-electron chi connectivity index (χ4n) is 2.86. The van der Waals surface area contributed by atoms with Crippen LogP contribution in [0.2, 0.25) is 0 Å². The Morgan fingerprint density at radius 3 is 2.89 bits per heavy atom. The third kappa shape index (κ3) is 2.83. The summed E-state index contributed by atoms with van der Waals surface area (Å²) in [5.41, 5.74) is 0.958. The van der Waals surface area contributed by atoms with Gasteiger partial charge in [-0.25, -0.2) is 8.42 Å². The lowest BCUT2D eigenvalue weighted by molar-refractivity contribution is 0.439. The number of nitrogens with one attached hydrogen (secondary N) is 1. The molecule has 1 fully saturated rings. The van der Waals surface area contributed by atoms with Gasteiger partial charge in [-0.1, -0.05) is 18.2 Å². The Balaban J connectivity index is 1.76. The van der Waals surface area contributed by atoms with Crippen molar-refractivity contribution in [3.8, 4) is 0 Å². The fourth-order valence-corrected chi connectivity index (χ4v) is 5.76. The van der Waals surface area contributed by atoms with Crippen molar-refractivity contribution in [2.75, 3.05) is 23.8 Å². The number of benzene rings is 1. The first-order valence-corrected chi connectivity index (χ1v) is 9.60. The largest absolute Gasteiger partial charge is 0.310 e.